The highest BCUT2D eigenvalue weighted by Crippen LogP contribution is 2.26. The standard InChI is InChI=1S/C13H20O4/c1-9-3-2-4-10(9)5-6-11(14)7-12(15)8-13(16)17/h4-6,9,11-12,14-15H,2-3,7-8H2,1H3,(H,16,17). The number of aliphatic hydroxyl groups is 2. The SMILES string of the molecule is CC1CCC=C1C=CC(O)CC(O)CC(=O)O. The minimum absolute atomic E-state index is 0.0600. The third-order valence-electron chi connectivity index (χ3n) is 2.98. The molecule has 0 bridgehead atoms. The van der Waals surface area contributed by atoms with Crippen molar-refractivity contribution in [2.45, 2.75) is 44.8 Å². The Hall–Kier alpha value is -1.13. The Bertz CT molecular complexity index is 319. The van der Waals surface area contributed by atoms with Crippen molar-refractivity contribution in [1.29, 1.82) is 0 Å². The lowest BCUT2D eigenvalue weighted by Crippen LogP contribution is -2.19. The van der Waals surface area contributed by atoms with Crippen molar-refractivity contribution < 1.29 is 20.1 Å². The molecule has 0 aromatic heterocycles. The topological polar surface area (TPSA) is 77.8 Å². The fraction of sp³-hybridized carbons (Fsp3) is 0.615. The number of rotatable bonds is 6. The van der Waals surface area contributed by atoms with Crippen LogP contribution in [0.15, 0.2) is 23.8 Å². The predicted molar refractivity (Wildman–Crippen MR) is 64.5 cm³/mol. The van der Waals surface area contributed by atoms with Gasteiger partial charge in [-0.2, -0.15) is 0 Å². The Morgan fingerprint density at radius 2 is 2.29 bits per heavy atom. The number of carboxylic acids is 1. The number of allylic oxidation sites excluding steroid dienone is 3. The second-order valence-electron chi connectivity index (χ2n) is 4.60. The molecule has 0 saturated carbocycles. The molecule has 3 unspecified atom stereocenters. The summed E-state index contributed by atoms with van der Waals surface area (Å²) in [5, 5.41) is 27.4. The van der Waals surface area contributed by atoms with E-state index in [1.807, 2.05) is 6.08 Å². The predicted octanol–water partition coefficient (Wildman–Crippen LogP) is 1.49. The molecule has 0 fully saturated rings. The Morgan fingerprint density at radius 3 is 2.82 bits per heavy atom. The van der Waals surface area contributed by atoms with Crippen molar-refractivity contribution in [3.63, 3.8) is 0 Å². The van der Waals surface area contributed by atoms with Crippen molar-refractivity contribution in [3.05, 3.63) is 23.8 Å². The minimum atomic E-state index is -1.05. The van der Waals surface area contributed by atoms with Gasteiger partial charge in [-0.1, -0.05) is 25.2 Å². The fourth-order valence-electron chi connectivity index (χ4n) is 1.96. The van der Waals surface area contributed by atoms with Gasteiger partial charge in [0.25, 0.3) is 0 Å². The van der Waals surface area contributed by atoms with Gasteiger partial charge in [-0.25, -0.2) is 0 Å². The second kappa shape index (κ2) is 6.57. The highest BCUT2D eigenvalue weighted by molar-refractivity contribution is 5.67. The van der Waals surface area contributed by atoms with E-state index in [-0.39, 0.29) is 12.8 Å². The third-order valence-corrected chi connectivity index (χ3v) is 2.98. The van der Waals surface area contributed by atoms with Crippen LogP contribution in [0.25, 0.3) is 0 Å². The Morgan fingerprint density at radius 1 is 1.59 bits per heavy atom. The molecule has 0 heterocycles. The summed E-state index contributed by atoms with van der Waals surface area (Å²) in [4.78, 5) is 10.3. The summed E-state index contributed by atoms with van der Waals surface area (Å²) in [6.45, 7) is 2.13. The Kier molecular flexibility index (Phi) is 5.38. The van der Waals surface area contributed by atoms with Crippen LogP contribution in [-0.4, -0.2) is 33.5 Å². The molecular formula is C13H20O4. The average Bonchev–Trinajstić information content (AvgIpc) is 2.59. The molecule has 1 aliphatic carbocycles. The third kappa shape index (κ3) is 5.15. The van der Waals surface area contributed by atoms with Crippen LogP contribution in [0.4, 0.5) is 0 Å². The fourth-order valence-corrected chi connectivity index (χ4v) is 1.96. The van der Waals surface area contributed by atoms with E-state index in [2.05, 4.69) is 13.0 Å². The maximum Gasteiger partial charge on any atom is 0.305 e. The number of hydrogen-bond acceptors (Lipinski definition) is 3. The summed E-state index contributed by atoms with van der Waals surface area (Å²) in [6, 6.07) is 0. The molecule has 1 rings (SSSR count). The molecule has 0 radical (unpaired) electrons. The minimum Gasteiger partial charge on any atom is -0.481 e. The summed E-state index contributed by atoms with van der Waals surface area (Å²) in [5.41, 5.74) is 1.21. The van der Waals surface area contributed by atoms with Gasteiger partial charge >= 0.3 is 5.97 Å². The van der Waals surface area contributed by atoms with Gasteiger partial charge in [-0.05, 0) is 24.3 Å². The number of carboxylic acid groups (broad SMARTS) is 1. The lowest BCUT2D eigenvalue weighted by atomic mass is 10.0. The molecule has 4 heteroatoms. The molecule has 96 valence electrons. The van der Waals surface area contributed by atoms with Gasteiger partial charge in [-0.15, -0.1) is 0 Å². The summed E-state index contributed by atoms with van der Waals surface area (Å²) in [6.07, 6.45) is 5.78. The van der Waals surface area contributed by atoms with Crippen LogP contribution in [0, 0.1) is 5.92 Å². The Balaban J connectivity index is 2.36. The molecule has 0 aliphatic heterocycles. The van der Waals surface area contributed by atoms with Crippen LogP contribution in [0.3, 0.4) is 0 Å². The van der Waals surface area contributed by atoms with Gasteiger partial charge in [0.05, 0.1) is 18.6 Å². The Labute approximate surface area is 101 Å². The molecule has 1 aliphatic rings. The molecule has 0 aromatic rings. The first-order chi connectivity index (χ1) is 7.99. The molecule has 0 amide bonds. The van der Waals surface area contributed by atoms with E-state index in [1.54, 1.807) is 6.08 Å². The highest BCUT2D eigenvalue weighted by atomic mass is 16.4. The average molecular weight is 240 g/mol. The molecule has 0 saturated heterocycles. The van der Waals surface area contributed by atoms with Gasteiger partial charge < -0.3 is 15.3 Å². The summed E-state index contributed by atoms with van der Waals surface area (Å²) in [5.74, 6) is -0.539. The van der Waals surface area contributed by atoms with Crippen molar-refractivity contribution in [1.82, 2.24) is 0 Å². The first-order valence-electron chi connectivity index (χ1n) is 5.95. The number of carbonyl (C=O) groups is 1. The van der Waals surface area contributed by atoms with E-state index in [9.17, 15) is 15.0 Å². The second-order valence-corrected chi connectivity index (χ2v) is 4.60. The normalized spacial score (nSPS) is 23.7. The lowest BCUT2D eigenvalue weighted by molar-refractivity contribution is -0.139. The quantitative estimate of drug-likeness (QED) is 0.657. The number of hydrogen-bond donors (Lipinski definition) is 3. The van der Waals surface area contributed by atoms with Crippen LogP contribution in [-0.2, 0) is 4.79 Å². The first-order valence-corrected chi connectivity index (χ1v) is 5.95. The zero-order valence-electron chi connectivity index (χ0n) is 10.0. The van der Waals surface area contributed by atoms with Crippen LogP contribution in [0.2, 0.25) is 0 Å². The van der Waals surface area contributed by atoms with Crippen molar-refractivity contribution in [3.8, 4) is 0 Å². The van der Waals surface area contributed by atoms with Gasteiger partial charge in [0.2, 0.25) is 0 Å². The molecule has 4 nitrogen and oxygen atoms in total. The molecule has 0 spiro atoms. The van der Waals surface area contributed by atoms with Crippen LogP contribution in [0.5, 0.6) is 0 Å². The monoisotopic (exact) mass is 240 g/mol. The zero-order valence-corrected chi connectivity index (χ0v) is 10.0. The number of aliphatic hydroxyl groups excluding tert-OH is 2. The summed E-state index contributed by atoms with van der Waals surface area (Å²) in [7, 11) is 0. The van der Waals surface area contributed by atoms with Gasteiger partial charge in [0.1, 0.15) is 0 Å². The van der Waals surface area contributed by atoms with Gasteiger partial charge in [0.15, 0.2) is 0 Å². The van der Waals surface area contributed by atoms with Crippen molar-refractivity contribution >= 4 is 5.97 Å². The van der Waals surface area contributed by atoms with E-state index in [1.165, 1.54) is 5.57 Å². The van der Waals surface area contributed by atoms with Crippen molar-refractivity contribution in [2.24, 2.45) is 5.92 Å². The van der Waals surface area contributed by atoms with E-state index in [0.29, 0.717) is 5.92 Å². The van der Waals surface area contributed by atoms with E-state index in [0.717, 1.165) is 12.8 Å². The number of aliphatic carboxylic acids is 1. The summed E-state index contributed by atoms with van der Waals surface area (Å²) < 4.78 is 0. The molecule has 0 aromatic carbocycles. The van der Waals surface area contributed by atoms with Crippen LogP contribution in [0.1, 0.15) is 32.6 Å². The lowest BCUT2D eigenvalue weighted by Gasteiger charge is -2.11. The van der Waals surface area contributed by atoms with Crippen molar-refractivity contribution in [2.75, 3.05) is 0 Å². The van der Waals surface area contributed by atoms with E-state index >= 15 is 0 Å². The molecule has 3 atom stereocenters. The van der Waals surface area contributed by atoms with E-state index in [4.69, 9.17) is 5.11 Å². The van der Waals surface area contributed by atoms with Gasteiger partial charge in [0, 0.05) is 6.42 Å². The molecule has 17 heavy (non-hydrogen) atoms. The smallest absolute Gasteiger partial charge is 0.305 e. The maximum absolute atomic E-state index is 10.3. The highest BCUT2D eigenvalue weighted by Gasteiger charge is 2.14. The van der Waals surface area contributed by atoms with Crippen LogP contribution < -0.4 is 0 Å². The van der Waals surface area contributed by atoms with Crippen LogP contribution >= 0.6 is 0 Å². The molecular weight excluding hydrogens is 220 g/mol. The van der Waals surface area contributed by atoms with E-state index < -0.39 is 18.2 Å². The largest absolute Gasteiger partial charge is 0.481 e. The maximum atomic E-state index is 10.3. The molecule has 3 N–H and O–H groups in total. The zero-order chi connectivity index (χ0) is 12.8. The van der Waals surface area contributed by atoms with Gasteiger partial charge in [-0.3, -0.25) is 4.79 Å². The first kappa shape index (κ1) is 13.9. The summed E-state index contributed by atoms with van der Waals surface area (Å²) >= 11 is 0.